The topological polar surface area (TPSA) is 55.1 Å². The van der Waals surface area contributed by atoms with Crippen LogP contribution in [-0.4, -0.2) is 18.5 Å². The lowest BCUT2D eigenvalue weighted by Gasteiger charge is -2.13. The molecule has 0 radical (unpaired) electrons. The Kier molecular flexibility index (Phi) is 3.53. The second kappa shape index (κ2) is 4.30. The fourth-order valence-electron chi connectivity index (χ4n) is 1.75. The number of rotatable bonds is 5. The highest BCUT2D eigenvalue weighted by Gasteiger charge is 2.50. The molecule has 1 aliphatic rings. The molecule has 3 heteroatoms. The van der Waals surface area contributed by atoms with Crippen LogP contribution in [0.2, 0.25) is 0 Å². The van der Waals surface area contributed by atoms with Crippen molar-refractivity contribution in [2.75, 3.05) is 6.54 Å². The highest BCUT2D eigenvalue weighted by atomic mass is 16.2. The van der Waals surface area contributed by atoms with Crippen molar-refractivity contribution in [3.05, 3.63) is 0 Å². The van der Waals surface area contributed by atoms with E-state index in [1.54, 1.807) is 0 Å². The van der Waals surface area contributed by atoms with E-state index in [-0.39, 0.29) is 23.3 Å². The first-order valence-corrected chi connectivity index (χ1v) is 5.48. The fourth-order valence-corrected chi connectivity index (χ4v) is 1.75. The van der Waals surface area contributed by atoms with E-state index in [0.717, 1.165) is 19.3 Å². The van der Waals surface area contributed by atoms with Crippen molar-refractivity contribution < 1.29 is 4.79 Å². The van der Waals surface area contributed by atoms with Gasteiger partial charge in [0.15, 0.2) is 0 Å². The van der Waals surface area contributed by atoms with Crippen molar-refractivity contribution in [1.29, 1.82) is 0 Å². The van der Waals surface area contributed by atoms with E-state index in [9.17, 15) is 4.79 Å². The van der Waals surface area contributed by atoms with Crippen LogP contribution in [0.1, 0.15) is 40.0 Å². The standard InChI is InChI=1S/C11H22N2O/c1-8(5-4-6-12)13-10(14)9-7-11(9,2)3/h8-9H,4-7,12H2,1-3H3,(H,13,14). The van der Waals surface area contributed by atoms with Crippen LogP contribution in [0.5, 0.6) is 0 Å². The van der Waals surface area contributed by atoms with Gasteiger partial charge >= 0.3 is 0 Å². The molecule has 0 spiro atoms. The number of amides is 1. The van der Waals surface area contributed by atoms with Gasteiger partial charge in [0.25, 0.3) is 0 Å². The van der Waals surface area contributed by atoms with E-state index in [0.29, 0.717) is 6.54 Å². The van der Waals surface area contributed by atoms with Gasteiger partial charge in [-0.05, 0) is 38.1 Å². The predicted octanol–water partition coefficient (Wildman–Crippen LogP) is 1.28. The number of carbonyl (C=O) groups is 1. The summed E-state index contributed by atoms with van der Waals surface area (Å²) < 4.78 is 0. The van der Waals surface area contributed by atoms with Gasteiger partial charge in [-0.2, -0.15) is 0 Å². The summed E-state index contributed by atoms with van der Waals surface area (Å²) in [5.41, 5.74) is 5.64. The zero-order chi connectivity index (χ0) is 10.8. The van der Waals surface area contributed by atoms with Gasteiger partial charge in [0.05, 0.1) is 0 Å². The normalized spacial score (nSPS) is 25.6. The summed E-state index contributed by atoms with van der Waals surface area (Å²) in [6.07, 6.45) is 2.99. The van der Waals surface area contributed by atoms with Crippen molar-refractivity contribution in [2.45, 2.75) is 46.1 Å². The quantitative estimate of drug-likeness (QED) is 0.699. The zero-order valence-corrected chi connectivity index (χ0v) is 9.47. The molecule has 1 amide bonds. The molecule has 2 atom stereocenters. The molecule has 2 unspecified atom stereocenters. The molecule has 1 fully saturated rings. The van der Waals surface area contributed by atoms with Crippen LogP contribution in [0.4, 0.5) is 0 Å². The van der Waals surface area contributed by atoms with Crippen LogP contribution in [-0.2, 0) is 4.79 Å². The molecule has 0 heterocycles. The first-order chi connectivity index (χ1) is 6.47. The van der Waals surface area contributed by atoms with E-state index in [1.807, 2.05) is 6.92 Å². The molecule has 14 heavy (non-hydrogen) atoms. The third-order valence-electron chi connectivity index (χ3n) is 3.06. The summed E-state index contributed by atoms with van der Waals surface area (Å²) in [7, 11) is 0. The first kappa shape index (κ1) is 11.5. The molecule has 1 rings (SSSR count). The van der Waals surface area contributed by atoms with E-state index < -0.39 is 0 Å². The van der Waals surface area contributed by atoms with Crippen molar-refractivity contribution >= 4 is 5.91 Å². The van der Waals surface area contributed by atoms with E-state index in [4.69, 9.17) is 5.73 Å². The van der Waals surface area contributed by atoms with Crippen molar-refractivity contribution in [3.63, 3.8) is 0 Å². The van der Waals surface area contributed by atoms with Crippen LogP contribution < -0.4 is 11.1 Å². The van der Waals surface area contributed by atoms with Crippen LogP contribution in [0.15, 0.2) is 0 Å². The van der Waals surface area contributed by atoms with Crippen LogP contribution in [0.3, 0.4) is 0 Å². The maximum Gasteiger partial charge on any atom is 0.223 e. The van der Waals surface area contributed by atoms with Gasteiger partial charge in [-0.1, -0.05) is 13.8 Å². The van der Waals surface area contributed by atoms with Crippen molar-refractivity contribution in [3.8, 4) is 0 Å². The van der Waals surface area contributed by atoms with Crippen LogP contribution >= 0.6 is 0 Å². The first-order valence-electron chi connectivity index (χ1n) is 5.48. The number of nitrogens with two attached hydrogens (primary N) is 1. The second-order valence-electron chi connectivity index (χ2n) is 5.09. The lowest BCUT2D eigenvalue weighted by molar-refractivity contribution is -0.123. The van der Waals surface area contributed by atoms with Gasteiger partial charge in [-0.15, -0.1) is 0 Å². The van der Waals surface area contributed by atoms with E-state index in [2.05, 4.69) is 19.2 Å². The van der Waals surface area contributed by atoms with Gasteiger partial charge in [-0.3, -0.25) is 4.79 Å². The Hall–Kier alpha value is -0.570. The summed E-state index contributed by atoms with van der Waals surface area (Å²) in [5, 5.41) is 3.04. The minimum absolute atomic E-state index is 0.222. The summed E-state index contributed by atoms with van der Waals surface area (Å²) in [6.45, 7) is 7.03. The van der Waals surface area contributed by atoms with Crippen LogP contribution in [0.25, 0.3) is 0 Å². The van der Waals surface area contributed by atoms with Gasteiger partial charge in [-0.25, -0.2) is 0 Å². The van der Waals surface area contributed by atoms with Gasteiger partial charge in [0, 0.05) is 12.0 Å². The minimum Gasteiger partial charge on any atom is -0.353 e. The molecule has 0 aromatic heterocycles. The molecule has 3 N–H and O–H groups in total. The fraction of sp³-hybridized carbons (Fsp3) is 0.909. The Morgan fingerprint density at radius 1 is 1.64 bits per heavy atom. The number of hydrogen-bond acceptors (Lipinski definition) is 2. The number of hydrogen-bond donors (Lipinski definition) is 2. The Labute approximate surface area is 86.4 Å². The summed E-state index contributed by atoms with van der Waals surface area (Å²) in [5.74, 6) is 0.461. The molecule has 0 aliphatic heterocycles. The van der Waals surface area contributed by atoms with Crippen molar-refractivity contribution in [1.82, 2.24) is 5.32 Å². The molecule has 0 aromatic rings. The Balaban J connectivity index is 2.21. The summed E-state index contributed by atoms with van der Waals surface area (Å²) in [6, 6.07) is 0.266. The lowest BCUT2D eigenvalue weighted by Crippen LogP contribution is -2.34. The van der Waals surface area contributed by atoms with Gasteiger partial charge in [0.2, 0.25) is 5.91 Å². The maximum atomic E-state index is 11.7. The SMILES string of the molecule is CC(CCCN)NC(=O)C1CC1(C)C. The van der Waals surface area contributed by atoms with E-state index in [1.165, 1.54) is 0 Å². The average molecular weight is 198 g/mol. The molecule has 1 saturated carbocycles. The highest BCUT2D eigenvalue weighted by molar-refractivity contribution is 5.82. The van der Waals surface area contributed by atoms with Gasteiger partial charge < -0.3 is 11.1 Å². The Morgan fingerprint density at radius 2 is 2.21 bits per heavy atom. The molecule has 3 nitrogen and oxygen atoms in total. The molecule has 1 aliphatic carbocycles. The Morgan fingerprint density at radius 3 is 2.64 bits per heavy atom. The van der Waals surface area contributed by atoms with E-state index >= 15 is 0 Å². The third-order valence-corrected chi connectivity index (χ3v) is 3.06. The van der Waals surface area contributed by atoms with Crippen LogP contribution in [0, 0.1) is 11.3 Å². The van der Waals surface area contributed by atoms with Crippen molar-refractivity contribution in [2.24, 2.45) is 17.1 Å². The molecule has 0 aromatic carbocycles. The molecular formula is C11H22N2O. The zero-order valence-electron chi connectivity index (χ0n) is 9.47. The largest absolute Gasteiger partial charge is 0.353 e. The second-order valence-corrected chi connectivity index (χ2v) is 5.09. The monoisotopic (exact) mass is 198 g/mol. The predicted molar refractivity (Wildman–Crippen MR) is 57.8 cm³/mol. The molecule has 82 valence electrons. The smallest absolute Gasteiger partial charge is 0.223 e. The minimum atomic E-state index is 0.222. The summed E-state index contributed by atoms with van der Waals surface area (Å²) in [4.78, 5) is 11.7. The van der Waals surface area contributed by atoms with Gasteiger partial charge in [0.1, 0.15) is 0 Å². The number of nitrogens with one attached hydrogen (secondary N) is 1. The lowest BCUT2D eigenvalue weighted by atomic mass is 10.1. The average Bonchev–Trinajstić information content (AvgIpc) is 2.72. The molecular weight excluding hydrogens is 176 g/mol. The third kappa shape index (κ3) is 2.98. The Bertz CT molecular complexity index is 213. The molecule has 0 saturated heterocycles. The maximum absolute atomic E-state index is 11.7. The number of carbonyl (C=O) groups excluding carboxylic acids is 1. The molecule has 0 bridgehead atoms. The highest BCUT2D eigenvalue weighted by Crippen LogP contribution is 2.51. The summed E-state index contributed by atoms with van der Waals surface area (Å²) >= 11 is 0.